The molecule has 116 valence electrons. The van der Waals surface area contributed by atoms with Crippen LogP contribution in [-0.2, 0) is 4.79 Å². The molecule has 0 bridgehead atoms. The van der Waals surface area contributed by atoms with Crippen molar-refractivity contribution >= 4 is 5.91 Å². The largest absolute Gasteiger partial charge is 0.497 e. The average molecular weight is 292 g/mol. The molecule has 0 unspecified atom stereocenters. The van der Waals surface area contributed by atoms with Crippen LogP contribution >= 0.6 is 0 Å². The minimum atomic E-state index is -0.0176. The highest BCUT2D eigenvalue weighted by Crippen LogP contribution is 2.25. The van der Waals surface area contributed by atoms with Crippen LogP contribution in [0.4, 0.5) is 0 Å². The van der Waals surface area contributed by atoms with Crippen LogP contribution in [0.5, 0.6) is 11.5 Å². The van der Waals surface area contributed by atoms with Gasteiger partial charge in [0.15, 0.2) is 0 Å². The molecule has 1 saturated carbocycles. The van der Waals surface area contributed by atoms with Gasteiger partial charge < -0.3 is 20.1 Å². The topological polar surface area (TPSA) is 64.8 Å². The van der Waals surface area contributed by atoms with E-state index in [1.54, 1.807) is 12.0 Å². The quantitative estimate of drug-likeness (QED) is 0.866. The number of hydrogen-bond donors (Lipinski definition) is 1. The van der Waals surface area contributed by atoms with Crippen LogP contribution in [0.3, 0.4) is 0 Å². The van der Waals surface area contributed by atoms with Crippen LogP contribution in [0, 0.1) is 5.92 Å². The van der Waals surface area contributed by atoms with Crippen LogP contribution in [0.2, 0.25) is 0 Å². The molecule has 0 spiro atoms. The van der Waals surface area contributed by atoms with Gasteiger partial charge in [0.05, 0.1) is 19.6 Å². The van der Waals surface area contributed by atoms with Crippen molar-refractivity contribution in [3.05, 3.63) is 24.3 Å². The van der Waals surface area contributed by atoms with Crippen molar-refractivity contribution in [3.63, 3.8) is 0 Å². The number of amides is 1. The zero-order chi connectivity index (χ0) is 15.2. The van der Waals surface area contributed by atoms with Crippen molar-refractivity contribution in [3.8, 4) is 11.5 Å². The number of rotatable bonds is 6. The predicted octanol–water partition coefficient (Wildman–Crippen LogP) is 1.66. The molecule has 0 heterocycles. The zero-order valence-corrected chi connectivity index (χ0v) is 12.7. The molecule has 1 aromatic rings. The monoisotopic (exact) mass is 292 g/mol. The number of hydrogen-bond acceptors (Lipinski definition) is 4. The van der Waals surface area contributed by atoms with Gasteiger partial charge in [0, 0.05) is 13.1 Å². The van der Waals surface area contributed by atoms with Crippen molar-refractivity contribution in [2.45, 2.75) is 25.3 Å². The van der Waals surface area contributed by atoms with E-state index >= 15 is 0 Å². The van der Waals surface area contributed by atoms with Gasteiger partial charge >= 0.3 is 0 Å². The van der Waals surface area contributed by atoms with Gasteiger partial charge in [0.1, 0.15) is 18.1 Å². The molecule has 21 heavy (non-hydrogen) atoms. The van der Waals surface area contributed by atoms with Crippen molar-refractivity contribution in [2.75, 3.05) is 27.3 Å². The lowest BCUT2D eigenvalue weighted by molar-refractivity contribution is -0.134. The van der Waals surface area contributed by atoms with Crippen LogP contribution in [-0.4, -0.2) is 44.2 Å². The Morgan fingerprint density at radius 3 is 2.52 bits per heavy atom. The predicted molar refractivity (Wildman–Crippen MR) is 81.4 cm³/mol. The lowest BCUT2D eigenvalue weighted by atomic mass is 10.0. The number of carbonyl (C=O) groups is 1. The van der Waals surface area contributed by atoms with E-state index in [0.717, 1.165) is 30.8 Å². The van der Waals surface area contributed by atoms with Crippen molar-refractivity contribution in [1.82, 2.24) is 4.90 Å². The fourth-order valence-electron chi connectivity index (χ4n) is 2.66. The first kappa shape index (κ1) is 15.6. The Kier molecular flexibility index (Phi) is 5.44. The molecule has 5 nitrogen and oxygen atoms in total. The maximum absolute atomic E-state index is 12.3. The Morgan fingerprint density at radius 1 is 1.29 bits per heavy atom. The third kappa shape index (κ3) is 4.11. The number of methoxy groups -OCH3 is 1. The fourth-order valence-corrected chi connectivity index (χ4v) is 2.66. The maximum atomic E-state index is 12.3. The maximum Gasteiger partial charge on any atom is 0.227 e. The Balaban J connectivity index is 1.75. The second kappa shape index (κ2) is 7.31. The van der Waals surface area contributed by atoms with Crippen molar-refractivity contribution in [1.29, 1.82) is 0 Å². The number of ether oxygens (including phenoxy) is 2. The highest BCUT2D eigenvalue weighted by atomic mass is 16.5. The molecule has 5 heteroatoms. The lowest BCUT2D eigenvalue weighted by Gasteiger charge is -2.23. The van der Waals surface area contributed by atoms with E-state index < -0.39 is 0 Å². The van der Waals surface area contributed by atoms with E-state index in [1.165, 1.54) is 0 Å². The minimum Gasteiger partial charge on any atom is -0.497 e. The van der Waals surface area contributed by atoms with E-state index in [-0.39, 0.29) is 17.9 Å². The van der Waals surface area contributed by atoms with E-state index in [4.69, 9.17) is 15.2 Å². The molecular weight excluding hydrogens is 268 g/mol. The summed E-state index contributed by atoms with van der Waals surface area (Å²) >= 11 is 0. The molecule has 2 atom stereocenters. The summed E-state index contributed by atoms with van der Waals surface area (Å²) in [6, 6.07) is 7.42. The third-order valence-corrected chi connectivity index (χ3v) is 4.02. The molecule has 0 aromatic heterocycles. The number of likely N-dealkylation sites (N-methyl/N-ethyl adjacent to an activating group) is 1. The molecule has 2 rings (SSSR count). The summed E-state index contributed by atoms with van der Waals surface area (Å²) in [5.41, 5.74) is 5.97. The molecule has 2 N–H and O–H groups in total. The van der Waals surface area contributed by atoms with Gasteiger partial charge in [-0.3, -0.25) is 4.79 Å². The van der Waals surface area contributed by atoms with Gasteiger partial charge in [0.25, 0.3) is 0 Å². The van der Waals surface area contributed by atoms with Gasteiger partial charge in [-0.2, -0.15) is 0 Å². The molecule has 0 aliphatic heterocycles. The molecule has 1 aromatic carbocycles. The molecule has 0 radical (unpaired) electrons. The normalized spacial score (nSPS) is 21.1. The second-order valence-corrected chi connectivity index (χ2v) is 5.49. The lowest BCUT2D eigenvalue weighted by Crippen LogP contribution is -2.41. The Labute approximate surface area is 126 Å². The molecular formula is C16H24N2O3. The number of carbonyl (C=O) groups excluding carboxylic acids is 1. The van der Waals surface area contributed by atoms with Gasteiger partial charge in [-0.25, -0.2) is 0 Å². The van der Waals surface area contributed by atoms with Crippen molar-refractivity contribution < 1.29 is 14.3 Å². The minimum absolute atomic E-state index is 0.0162. The van der Waals surface area contributed by atoms with Gasteiger partial charge in [-0.1, -0.05) is 6.42 Å². The van der Waals surface area contributed by atoms with E-state index in [9.17, 15) is 4.79 Å². The van der Waals surface area contributed by atoms with Crippen LogP contribution in [0.1, 0.15) is 19.3 Å². The number of benzene rings is 1. The fraction of sp³-hybridized carbons (Fsp3) is 0.562. The van der Waals surface area contributed by atoms with Crippen LogP contribution in [0.25, 0.3) is 0 Å². The van der Waals surface area contributed by atoms with Gasteiger partial charge in [-0.05, 0) is 37.1 Å². The van der Waals surface area contributed by atoms with Gasteiger partial charge in [-0.15, -0.1) is 0 Å². The smallest absolute Gasteiger partial charge is 0.227 e. The standard InChI is InChI=1S/C16H24N2O3/c1-18(16(19)14-4-3-5-15(14)17)10-11-21-13-8-6-12(20-2)7-9-13/h6-9,14-15H,3-5,10-11,17H2,1-2H3/t14-,15-/m0/s1. The summed E-state index contributed by atoms with van der Waals surface area (Å²) in [6.45, 7) is 1.03. The summed E-state index contributed by atoms with van der Waals surface area (Å²) in [4.78, 5) is 14.0. The second-order valence-electron chi connectivity index (χ2n) is 5.49. The van der Waals surface area contributed by atoms with Crippen molar-refractivity contribution in [2.24, 2.45) is 11.7 Å². The summed E-state index contributed by atoms with van der Waals surface area (Å²) in [6.07, 6.45) is 2.91. The highest BCUT2D eigenvalue weighted by Gasteiger charge is 2.31. The first-order chi connectivity index (χ1) is 10.1. The zero-order valence-electron chi connectivity index (χ0n) is 12.7. The Hall–Kier alpha value is -1.75. The molecule has 0 saturated heterocycles. The van der Waals surface area contributed by atoms with E-state index in [0.29, 0.717) is 13.2 Å². The van der Waals surface area contributed by atoms with E-state index in [2.05, 4.69) is 0 Å². The van der Waals surface area contributed by atoms with E-state index in [1.807, 2.05) is 31.3 Å². The van der Waals surface area contributed by atoms with Gasteiger partial charge in [0.2, 0.25) is 5.91 Å². The third-order valence-electron chi connectivity index (χ3n) is 4.02. The molecule has 1 fully saturated rings. The Bertz CT molecular complexity index is 461. The summed E-state index contributed by atoms with van der Waals surface area (Å²) in [5.74, 6) is 1.69. The first-order valence-electron chi connectivity index (χ1n) is 7.39. The summed E-state index contributed by atoms with van der Waals surface area (Å²) in [5, 5.41) is 0. The number of nitrogens with zero attached hydrogens (tertiary/aromatic N) is 1. The molecule has 1 aliphatic carbocycles. The first-order valence-corrected chi connectivity index (χ1v) is 7.39. The molecule has 1 amide bonds. The Morgan fingerprint density at radius 2 is 1.95 bits per heavy atom. The van der Waals surface area contributed by atoms with Crippen LogP contribution < -0.4 is 15.2 Å². The van der Waals surface area contributed by atoms with Crippen LogP contribution in [0.15, 0.2) is 24.3 Å². The average Bonchev–Trinajstić information content (AvgIpc) is 2.93. The molecule has 1 aliphatic rings. The summed E-state index contributed by atoms with van der Waals surface area (Å²) in [7, 11) is 3.44. The SMILES string of the molecule is COc1ccc(OCCN(C)C(=O)[C@H]2CCC[C@@H]2N)cc1. The number of nitrogens with two attached hydrogens (primary N) is 1. The highest BCUT2D eigenvalue weighted by molar-refractivity contribution is 5.79. The summed E-state index contributed by atoms with van der Waals surface area (Å²) < 4.78 is 10.7.